The van der Waals surface area contributed by atoms with Crippen molar-refractivity contribution >= 4 is 18.1 Å². The quantitative estimate of drug-likeness (QED) is 0.441. The first-order valence-corrected chi connectivity index (χ1v) is 5.23. The topological polar surface area (TPSA) is 6.25 Å². The molecule has 3 heteroatoms. The van der Waals surface area contributed by atoms with Crippen molar-refractivity contribution < 1.29 is 4.58 Å². The number of rotatable bonds is 2. The summed E-state index contributed by atoms with van der Waals surface area (Å²) in [5, 5.41) is 0. The predicted molar refractivity (Wildman–Crippen MR) is 49.2 cm³/mol. The van der Waals surface area contributed by atoms with Crippen LogP contribution in [0.2, 0.25) is 0 Å². The Morgan fingerprint density at radius 3 is 3.36 bits per heavy atom. The van der Waals surface area contributed by atoms with Crippen LogP contribution < -0.4 is 0 Å². The molecular weight excluding hydrogens is 156 g/mol. The number of hydrogen-bond acceptors (Lipinski definition) is 2. The first kappa shape index (κ1) is 7.22. The Kier molecular flexibility index (Phi) is 1.68. The summed E-state index contributed by atoms with van der Waals surface area (Å²) in [6.07, 6.45) is 6.59. The highest BCUT2D eigenvalue weighted by molar-refractivity contribution is 7.98. The zero-order valence-electron chi connectivity index (χ0n) is 6.95. The summed E-state index contributed by atoms with van der Waals surface area (Å²) in [7, 11) is 2.09. The highest BCUT2D eigenvalue weighted by Crippen LogP contribution is 2.24. The van der Waals surface area contributed by atoms with E-state index in [0.717, 1.165) is 6.04 Å². The van der Waals surface area contributed by atoms with Gasteiger partial charge < -0.3 is 0 Å². The molecule has 0 N–H and O–H groups in total. The van der Waals surface area contributed by atoms with E-state index in [9.17, 15) is 0 Å². The van der Waals surface area contributed by atoms with Gasteiger partial charge >= 0.3 is 0 Å². The maximum atomic E-state index is 2.37. The van der Waals surface area contributed by atoms with E-state index in [0.29, 0.717) is 0 Å². The lowest BCUT2D eigenvalue weighted by molar-refractivity contribution is -0.356. The van der Waals surface area contributed by atoms with Crippen molar-refractivity contribution in [3.05, 3.63) is 11.8 Å². The SMILES string of the molecule is CSCC1=CN(C)C=[N+]2CC12. The van der Waals surface area contributed by atoms with E-state index in [4.69, 9.17) is 0 Å². The second-order valence-corrected chi connectivity index (χ2v) is 4.00. The highest BCUT2D eigenvalue weighted by atomic mass is 32.2. The van der Waals surface area contributed by atoms with E-state index < -0.39 is 0 Å². The van der Waals surface area contributed by atoms with Crippen LogP contribution in [0.5, 0.6) is 0 Å². The van der Waals surface area contributed by atoms with Crippen LogP contribution in [-0.2, 0) is 0 Å². The Morgan fingerprint density at radius 2 is 2.64 bits per heavy atom. The molecule has 11 heavy (non-hydrogen) atoms. The molecule has 1 atom stereocenters. The van der Waals surface area contributed by atoms with Crippen LogP contribution >= 0.6 is 11.8 Å². The molecule has 2 heterocycles. The molecule has 0 aromatic rings. The second-order valence-electron chi connectivity index (χ2n) is 3.13. The molecule has 0 aromatic heterocycles. The third kappa shape index (κ3) is 1.29. The van der Waals surface area contributed by atoms with Gasteiger partial charge in [0.15, 0.2) is 6.04 Å². The van der Waals surface area contributed by atoms with Crippen molar-refractivity contribution in [1.82, 2.24) is 4.90 Å². The zero-order valence-corrected chi connectivity index (χ0v) is 7.77. The molecule has 0 spiro atoms. The number of thioether (sulfide) groups is 1. The molecule has 2 aliphatic heterocycles. The Labute approximate surface area is 71.6 Å². The Balaban J connectivity index is 2.10. The van der Waals surface area contributed by atoms with Gasteiger partial charge in [0.1, 0.15) is 6.54 Å². The zero-order chi connectivity index (χ0) is 7.84. The fraction of sp³-hybridized carbons (Fsp3) is 0.625. The van der Waals surface area contributed by atoms with Crippen LogP contribution in [0.3, 0.4) is 0 Å². The van der Waals surface area contributed by atoms with Crippen molar-refractivity contribution in [1.29, 1.82) is 0 Å². The summed E-state index contributed by atoms with van der Waals surface area (Å²) in [5.41, 5.74) is 1.57. The van der Waals surface area contributed by atoms with Crippen LogP contribution in [0.1, 0.15) is 0 Å². The van der Waals surface area contributed by atoms with Gasteiger partial charge in [-0.2, -0.15) is 11.8 Å². The van der Waals surface area contributed by atoms with Crippen molar-refractivity contribution in [2.75, 3.05) is 25.6 Å². The highest BCUT2D eigenvalue weighted by Gasteiger charge is 2.41. The average molecular weight is 169 g/mol. The summed E-state index contributed by atoms with van der Waals surface area (Å²) in [5.74, 6) is 1.18. The second kappa shape index (κ2) is 2.55. The largest absolute Gasteiger partial charge is 0.252 e. The lowest BCUT2D eigenvalue weighted by Gasteiger charge is -2.07. The van der Waals surface area contributed by atoms with Gasteiger partial charge in [-0.1, -0.05) is 0 Å². The molecule has 0 amide bonds. The molecule has 0 aliphatic carbocycles. The third-order valence-electron chi connectivity index (χ3n) is 2.09. The van der Waals surface area contributed by atoms with E-state index in [1.807, 2.05) is 11.8 Å². The minimum absolute atomic E-state index is 0.749. The van der Waals surface area contributed by atoms with Crippen LogP contribution in [0, 0.1) is 0 Å². The average Bonchev–Trinajstić information content (AvgIpc) is 2.66. The Hall–Kier alpha value is -0.440. The fourth-order valence-corrected chi connectivity index (χ4v) is 2.13. The molecule has 2 aliphatic rings. The van der Waals surface area contributed by atoms with Gasteiger partial charge in [0, 0.05) is 11.3 Å². The van der Waals surface area contributed by atoms with E-state index in [1.54, 1.807) is 5.57 Å². The molecule has 1 unspecified atom stereocenters. The van der Waals surface area contributed by atoms with Gasteiger partial charge in [-0.3, -0.25) is 4.58 Å². The normalized spacial score (nSPS) is 27.5. The van der Waals surface area contributed by atoms with Gasteiger partial charge in [-0.05, 0) is 6.26 Å². The summed E-state index contributed by atoms with van der Waals surface area (Å²) in [4.78, 5) is 2.15. The van der Waals surface area contributed by atoms with E-state index in [2.05, 4.69) is 35.3 Å². The Bertz CT molecular complexity index is 232. The Morgan fingerprint density at radius 1 is 1.82 bits per heavy atom. The number of hydrogen-bond donors (Lipinski definition) is 0. The lowest BCUT2D eigenvalue weighted by atomic mass is 10.2. The molecule has 1 saturated heterocycles. The van der Waals surface area contributed by atoms with E-state index in [-0.39, 0.29) is 0 Å². The molecule has 0 aromatic carbocycles. The van der Waals surface area contributed by atoms with Crippen LogP contribution in [0.25, 0.3) is 0 Å². The lowest BCUT2D eigenvalue weighted by Crippen LogP contribution is -2.19. The molecule has 0 bridgehead atoms. The van der Waals surface area contributed by atoms with Gasteiger partial charge in [0.05, 0.1) is 13.2 Å². The van der Waals surface area contributed by atoms with Crippen LogP contribution in [0.15, 0.2) is 11.8 Å². The molecular formula is C8H13N2S+. The monoisotopic (exact) mass is 169 g/mol. The van der Waals surface area contributed by atoms with Crippen molar-refractivity contribution in [2.24, 2.45) is 0 Å². The molecule has 2 rings (SSSR count). The fourth-order valence-electron chi connectivity index (χ4n) is 1.53. The molecule has 0 saturated carbocycles. The van der Waals surface area contributed by atoms with Gasteiger partial charge in [0.2, 0.25) is 6.34 Å². The molecule has 0 radical (unpaired) electrons. The molecule has 60 valence electrons. The van der Waals surface area contributed by atoms with E-state index in [1.165, 1.54) is 12.3 Å². The summed E-state index contributed by atoms with van der Waals surface area (Å²) >= 11 is 1.91. The smallest absolute Gasteiger partial charge is 0.239 e. The van der Waals surface area contributed by atoms with Crippen molar-refractivity contribution in [3.8, 4) is 0 Å². The first-order valence-electron chi connectivity index (χ1n) is 3.83. The molecule has 1 fully saturated rings. The minimum Gasteiger partial charge on any atom is -0.252 e. The van der Waals surface area contributed by atoms with Gasteiger partial charge in [-0.15, -0.1) is 0 Å². The summed E-state index contributed by atoms with van der Waals surface area (Å²) in [6, 6.07) is 0.749. The van der Waals surface area contributed by atoms with E-state index >= 15 is 0 Å². The predicted octanol–water partition coefficient (Wildman–Crippen LogP) is 0.602. The third-order valence-corrected chi connectivity index (χ3v) is 2.71. The number of nitrogens with zero attached hydrogens (tertiary/aromatic N) is 2. The van der Waals surface area contributed by atoms with Crippen molar-refractivity contribution in [2.45, 2.75) is 6.04 Å². The van der Waals surface area contributed by atoms with Gasteiger partial charge in [0.25, 0.3) is 0 Å². The maximum absolute atomic E-state index is 2.37. The van der Waals surface area contributed by atoms with Crippen LogP contribution in [-0.4, -0.2) is 47.5 Å². The molecule has 2 nitrogen and oxygen atoms in total. The minimum atomic E-state index is 0.749. The first-order chi connectivity index (χ1) is 5.31. The standard InChI is InChI=1S/C8H13N2S/c1-9-3-7(5-11-2)8-4-10(8)6-9/h3,6,8H,4-5H2,1-2H3/q+1. The van der Waals surface area contributed by atoms with Crippen molar-refractivity contribution in [3.63, 3.8) is 0 Å². The van der Waals surface area contributed by atoms with Crippen LogP contribution in [0.4, 0.5) is 0 Å². The van der Waals surface area contributed by atoms with Gasteiger partial charge in [-0.25, -0.2) is 4.90 Å². The summed E-state index contributed by atoms with van der Waals surface area (Å²) in [6.45, 7) is 1.23. The maximum Gasteiger partial charge on any atom is 0.239 e. The number of fused-ring (bicyclic) bond motifs is 1. The summed E-state index contributed by atoms with van der Waals surface area (Å²) < 4.78 is 2.37.